The highest BCUT2D eigenvalue weighted by Gasteiger charge is 2.29. The summed E-state index contributed by atoms with van der Waals surface area (Å²) in [6.45, 7) is -2.21. The first kappa shape index (κ1) is 23.2. The minimum atomic E-state index is -3.10. The van der Waals surface area contributed by atoms with E-state index in [4.69, 9.17) is 16.7 Å². The summed E-state index contributed by atoms with van der Waals surface area (Å²) in [6.07, 6.45) is 1.00. The summed E-state index contributed by atoms with van der Waals surface area (Å²) in [5.74, 6) is -0.823. The zero-order valence-corrected chi connectivity index (χ0v) is 18.2. The van der Waals surface area contributed by atoms with Gasteiger partial charge in [0, 0.05) is 19.3 Å². The summed E-state index contributed by atoms with van der Waals surface area (Å²) >= 11 is 9.34. The van der Waals surface area contributed by atoms with Gasteiger partial charge >= 0.3 is 12.7 Å². The Morgan fingerprint density at radius 2 is 2.16 bits per heavy atom. The molecule has 1 aromatic heterocycles. The second-order valence-corrected chi connectivity index (χ2v) is 7.96. The van der Waals surface area contributed by atoms with Gasteiger partial charge in [0.05, 0.1) is 32.5 Å². The first-order valence-corrected chi connectivity index (χ1v) is 10.3. The van der Waals surface area contributed by atoms with Crippen LogP contribution in [0, 0.1) is 5.92 Å². The third-order valence-corrected chi connectivity index (χ3v) is 5.81. The first-order valence-electron chi connectivity index (χ1n) is 9.15. The van der Waals surface area contributed by atoms with Crippen molar-refractivity contribution in [2.24, 2.45) is 5.92 Å². The maximum atomic E-state index is 12.8. The molecule has 2 aromatic rings. The van der Waals surface area contributed by atoms with Crippen molar-refractivity contribution in [3.8, 4) is 5.75 Å². The van der Waals surface area contributed by atoms with Crippen molar-refractivity contribution < 1.29 is 28.2 Å². The maximum Gasteiger partial charge on any atom is 0.404 e. The predicted molar refractivity (Wildman–Crippen MR) is 113 cm³/mol. The lowest BCUT2D eigenvalue weighted by atomic mass is 10.0. The minimum Gasteiger partial charge on any atom is -0.465 e. The van der Waals surface area contributed by atoms with Crippen LogP contribution in [0.2, 0.25) is 5.02 Å². The number of carbonyl (C=O) groups is 2. The zero-order valence-electron chi connectivity index (χ0n) is 15.9. The highest BCUT2D eigenvalue weighted by atomic mass is 79.9. The topological polar surface area (TPSA) is 113 Å². The second-order valence-electron chi connectivity index (χ2n) is 6.76. The smallest absolute Gasteiger partial charge is 0.404 e. The van der Waals surface area contributed by atoms with Gasteiger partial charge in [-0.15, -0.1) is 0 Å². The number of carboxylic acid groups (broad SMARTS) is 1. The number of benzene rings is 1. The molecular formula is C19H18BrClF2N4O4. The van der Waals surface area contributed by atoms with Crippen molar-refractivity contribution in [3.63, 3.8) is 0 Å². The number of ether oxygens (including phenoxy) is 1. The van der Waals surface area contributed by atoms with Gasteiger partial charge in [-0.25, -0.2) is 4.79 Å². The van der Waals surface area contributed by atoms with E-state index in [1.165, 1.54) is 30.5 Å². The fourth-order valence-electron chi connectivity index (χ4n) is 3.29. The van der Waals surface area contributed by atoms with Crippen molar-refractivity contribution >= 4 is 45.2 Å². The van der Waals surface area contributed by atoms with Crippen molar-refractivity contribution in [3.05, 3.63) is 51.2 Å². The third kappa shape index (κ3) is 5.81. The Morgan fingerprint density at radius 1 is 1.39 bits per heavy atom. The van der Waals surface area contributed by atoms with Crippen LogP contribution in [0.1, 0.15) is 28.5 Å². The van der Waals surface area contributed by atoms with E-state index in [-0.39, 0.29) is 34.0 Å². The summed E-state index contributed by atoms with van der Waals surface area (Å²) in [6, 6.07) is 5.57. The average Bonchev–Trinajstić information content (AvgIpc) is 3.17. The number of aromatic nitrogens is 1. The largest absolute Gasteiger partial charge is 0.465 e. The molecule has 166 valence electrons. The Kier molecular flexibility index (Phi) is 7.63. The lowest BCUT2D eigenvalue weighted by Crippen LogP contribution is -2.28. The molecule has 31 heavy (non-hydrogen) atoms. The van der Waals surface area contributed by atoms with Crippen molar-refractivity contribution in [2.75, 3.05) is 18.4 Å². The molecule has 4 N–H and O–H groups in total. The quantitative estimate of drug-likeness (QED) is 0.435. The predicted octanol–water partition coefficient (Wildman–Crippen LogP) is 4.27. The molecule has 1 aliphatic heterocycles. The maximum absolute atomic E-state index is 12.8. The van der Waals surface area contributed by atoms with Gasteiger partial charge in [-0.05, 0) is 46.5 Å². The molecule has 0 spiro atoms. The van der Waals surface area contributed by atoms with Gasteiger partial charge in [0.15, 0.2) is 5.75 Å². The molecule has 2 atom stereocenters. The van der Waals surface area contributed by atoms with Crippen LogP contribution >= 0.6 is 27.5 Å². The molecule has 0 aliphatic carbocycles. The highest BCUT2D eigenvalue weighted by Crippen LogP contribution is 2.36. The number of carbonyl (C=O) groups excluding carboxylic acids is 1. The van der Waals surface area contributed by atoms with Crippen LogP contribution in [0.3, 0.4) is 0 Å². The van der Waals surface area contributed by atoms with Crippen LogP contribution in [-0.4, -0.2) is 41.8 Å². The van der Waals surface area contributed by atoms with E-state index in [2.05, 4.69) is 41.6 Å². The number of hydrogen-bond donors (Lipinski definition) is 4. The lowest BCUT2D eigenvalue weighted by molar-refractivity contribution is -0.0493. The fourth-order valence-corrected chi connectivity index (χ4v) is 4.20. The number of anilines is 1. The van der Waals surface area contributed by atoms with Crippen LogP contribution < -0.4 is 20.7 Å². The zero-order chi connectivity index (χ0) is 22.5. The Hall–Kier alpha value is -2.50. The Morgan fingerprint density at radius 3 is 2.87 bits per heavy atom. The van der Waals surface area contributed by atoms with Gasteiger partial charge in [-0.2, -0.15) is 8.78 Å². The monoisotopic (exact) mass is 518 g/mol. The number of halogens is 4. The Balaban J connectivity index is 1.77. The molecule has 1 aromatic carbocycles. The standard InChI is InChI=1S/C19H18BrClF2N4O4/c20-14-10(17(28)27-12-3-1-2-11(21)16(12)31-18(22)23)4-5-24-15(14)13-6-9(7-25-13)8-26-19(29)30/h1-5,9,13,18,25-26H,6-8H2,(H,27,28)(H,29,30). The fraction of sp³-hybridized carbons (Fsp3) is 0.316. The van der Waals surface area contributed by atoms with Gasteiger partial charge in [0.1, 0.15) is 0 Å². The summed E-state index contributed by atoms with van der Waals surface area (Å²) in [4.78, 5) is 27.9. The van der Waals surface area contributed by atoms with Crippen LogP contribution in [0.4, 0.5) is 19.3 Å². The van der Waals surface area contributed by atoms with E-state index < -0.39 is 18.6 Å². The molecule has 0 bridgehead atoms. The van der Waals surface area contributed by atoms with Gasteiger partial charge < -0.3 is 25.8 Å². The average molecular weight is 520 g/mol. The number of alkyl halides is 2. The molecule has 8 nitrogen and oxygen atoms in total. The first-order chi connectivity index (χ1) is 14.8. The van der Waals surface area contributed by atoms with E-state index in [0.717, 1.165) is 0 Å². The number of rotatable bonds is 7. The number of hydrogen-bond acceptors (Lipinski definition) is 5. The van der Waals surface area contributed by atoms with Gasteiger partial charge in [0.2, 0.25) is 0 Å². The second kappa shape index (κ2) is 10.2. The van der Waals surface area contributed by atoms with Crippen LogP contribution in [-0.2, 0) is 0 Å². The summed E-state index contributed by atoms with van der Waals surface area (Å²) < 4.78 is 30.3. The molecule has 1 saturated heterocycles. The van der Waals surface area contributed by atoms with E-state index >= 15 is 0 Å². The summed E-state index contributed by atoms with van der Waals surface area (Å²) in [5.41, 5.74) is 0.823. The van der Waals surface area contributed by atoms with Gasteiger partial charge in [-0.1, -0.05) is 17.7 Å². The molecule has 3 rings (SSSR count). The summed E-state index contributed by atoms with van der Waals surface area (Å²) in [7, 11) is 0. The molecule has 0 radical (unpaired) electrons. The Bertz CT molecular complexity index is 982. The number of para-hydroxylation sites is 1. The molecule has 0 saturated carbocycles. The molecule has 12 heteroatoms. The molecule has 2 unspecified atom stereocenters. The third-order valence-electron chi connectivity index (χ3n) is 4.68. The number of nitrogens with one attached hydrogen (secondary N) is 3. The SMILES string of the molecule is O=C(O)NCC1CNC(c2nccc(C(=O)Nc3cccc(Cl)c3OC(F)F)c2Br)C1. The van der Waals surface area contributed by atoms with Crippen LogP contribution in [0.25, 0.3) is 0 Å². The number of nitrogens with zero attached hydrogens (tertiary/aromatic N) is 1. The van der Waals surface area contributed by atoms with Crippen molar-refractivity contribution in [2.45, 2.75) is 19.1 Å². The van der Waals surface area contributed by atoms with E-state index in [1.54, 1.807) is 0 Å². The van der Waals surface area contributed by atoms with Crippen LogP contribution in [0.5, 0.6) is 5.75 Å². The van der Waals surface area contributed by atoms with E-state index in [1.807, 2.05) is 0 Å². The molecule has 2 amide bonds. The number of pyridine rings is 1. The highest BCUT2D eigenvalue weighted by molar-refractivity contribution is 9.10. The van der Waals surface area contributed by atoms with Gasteiger partial charge in [0.25, 0.3) is 5.91 Å². The lowest BCUT2D eigenvalue weighted by Gasteiger charge is -2.16. The molecule has 2 heterocycles. The summed E-state index contributed by atoms with van der Waals surface area (Å²) in [5, 5.41) is 16.8. The molecule has 1 aliphatic rings. The number of amides is 2. The molecular weight excluding hydrogens is 502 g/mol. The van der Waals surface area contributed by atoms with Crippen molar-refractivity contribution in [1.29, 1.82) is 0 Å². The van der Waals surface area contributed by atoms with Crippen molar-refractivity contribution in [1.82, 2.24) is 15.6 Å². The molecule has 1 fully saturated rings. The Labute approximate surface area is 189 Å². The van der Waals surface area contributed by atoms with E-state index in [0.29, 0.717) is 29.7 Å². The normalized spacial score (nSPS) is 18.1. The van der Waals surface area contributed by atoms with Crippen LogP contribution in [0.15, 0.2) is 34.9 Å². The minimum absolute atomic E-state index is 0.00172. The van der Waals surface area contributed by atoms with Gasteiger partial charge in [-0.3, -0.25) is 9.78 Å². The van der Waals surface area contributed by atoms with E-state index in [9.17, 15) is 18.4 Å².